The predicted octanol–water partition coefficient (Wildman–Crippen LogP) is 20.0. The number of aromatic nitrogens is 7. The fraction of sp³-hybridized carbons (Fsp3) is 0. The van der Waals surface area contributed by atoms with E-state index in [9.17, 15) is 30.1 Å². The molecule has 0 aliphatic rings. The van der Waals surface area contributed by atoms with Gasteiger partial charge in [0.15, 0.2) is 5.82 Å². The third kappa shape index (κ3) is 14.7. The Hall–Kier alpha value is -15.0. The molecule has 0 radical (unpaired) electrons. The zero-order valence-electron chi connectivity index (χ0n) is 64.8. The third-order valence-corrected chi connectivity index (χ3v) is 22.1. The summed E-state index contributed by atoms with van der Waals surface area (Å²) in [5.74, 6) is 0.679. The minimum absolute atomic E-state index is 0.493. The van der Waals surface area contributed by atoms with E-state index in [1.165, 1.54) is 0 Å². The molecular formula is C104H74B3N7O6. The summed E-state index contributed by atoms with van der Waals surface area (Å²) < 4.78 is 6.51. The van der Waals surface area contributed by atoms with Gasteiger partial charge in [0.25, 0.3) is 0 Å². The zero-order valence-corrected chi connectivity index (χ0v) is 64.8. The first kappa shape index (κ1) is 75.1. The van der Waals surface area contributed by atoms with Crippen LogP contribution in [0.4, 0.5) is 0 Å². The van der Waals surface area contributed by atoms with Gasteiger partial charge in [0, 0.05) is 88.3 Å². The Morgan fingerprint density at radius 3 is 0.692 bits per heavy atom. The molecule has 15 aromatic carbocycles. The Morgan fingerprint density at radius 2 is 0.400 bits per heavy atom. The van der Waals surface area contributed by atoms with Gasteiger partial charge in [0.1, 0.15) is 0 Å². The lowest BCUT2D eigenvalue weighted by atomic mass is 9.77. The molecule has 0 unspecified atom stereocenters. The molecule has 6 heterocycles. The topological polar surface area (TPSA) is 188 Å². The summed E-state index contributed by atoms with van der Waals surface area (Å²) in [6.07, 6.45) is 0. The highest BCUT2D eigenvalue weighted by Crippen LogP contribution is 2.39. The van der Waals surface area contributed by atoms with Crippen molar-refractivity contribution < 1.29 is 30.1 Å². The van der Waals surface area contributed by atoms with Crippen molar-refractivity contribution in [2.75, 3.05) is 0 Å². The number of nitrogens with zero attached hydrogens (tertiary/aromatic N) is 7. The number of rotatable bonds is 15. The van der Waals surface area contributed by atoms with Gasteiger partial charge in [-0.3, -0.25) is 0 Å². The fourth-order valence-electron chi connectivity index (χ4n) is 16.5. The summed E-state index contributed by atoms with van der Waals surface area (Å²) >= 11 is 0. The number of benzene rings is 15. The summed E-state index contributed by atoms with van der Waals surface area (Å²) in [5, 5.41) is 65.9. The maximum atomic E-state index is 10.1. The molecule has 0 spiro atoms. The monoisotopic (exact) mass is 1550 g/mol. The van der Waals surface area contributed by atoms with Crippen LogP contribution in [0.5, 0.6) is 0 Å². The van der Waals surface area contributed by atoms with Crippen molar-refractivity contribution in [3.63, 3.8) is 0 Å². The van der Waals surface area contributed by atoms with E-state index in [-0.39, 0.29) is 0 Å². The number of hydrogen-bond donors (Lipinski definition) is 6. The summed E-state index contributed by atoms with van der Waals surface area (Å²) in [6.45, 7) is 0. The molecule has 0 amide bonds. The second-order valence-electron chi connectivity index (χ2n) is 29.5. The van der Waals surface area contributed by atoms with E-state index >= 15 is 0 Å². The van der Waals surface area contributed by atoms with Gasteiger partial charge >= 0.3 is 21.4 Å². The van der Waals surface area contributed by atoms with Crippen LogP contribution >= 0.6 is 0 Å². The molecule has 21 aromatic rings. The third-order valence-electron chi connectivity index (χ3n) is 22.1. The minimum Gasteiger partial charge on any atom is -0.423 e. The molecule has 6 aromatic heterocycles. The Kier molecular flexibility index (Phi) is 20.6. The van der Waals surface area contributed by atoms with Crippen LogP contribution in [-0.4, -0.2) is 85.1 Å². The van der Waals surface area contributed by atoms with Gasteiger partial charge in [0.2, 0.25) is 0 Å². The Morgan fingerprint density at radius 1 is 0.175 bits per heavy atom. The first-order valence-electron chi connectivity index (χ1n) is 39.7. The van der Waals surface area contributed by atoms with E-state index in [0.717, 1.165) is 178 Å². The van der Waals surface area contributed by atoms with Gasteiger partial charge in [-0.05, 0) is 142 Å². The van der Waals surface area contributed by atoms with Crippen molar-refractivity contribution >= 4 is 103 Å². The fourth-order valence-corrected chi connectivity index (χ4v) is 16.5. The average molecular weight is 1550 g/mol. The summed E-state index contributed by atoms with van der Waals surface area (Å²) in [6, 6.07) is 138. The van der Waals surface area contributed by atoms with Crippen molar-refractivity contribution in [2.24, 2.45) is 0 Å². The Bertz CT molecular complexity index is 6420. The highest BCUT2D eigenvalue weighted by molar-refractivity contribution is 6.64. The molecule has 0 aliphatic heterocycles. The van der Waals surface area contributed by atoms with Gasteiger partial charge < -0.3 is 43.8 Å². The van der Waals surface area contributed by atoms with Crippen LogP contribution in [0.25, 0.3) is 184 Å². The molecule has 120 heavy (non-hydrogen) atoms. The first-order valence-corrected chi connectivity index (χ1v) is 39.7. The molecule has 0 saturated carbocycles. The normalized spacial score (nSPS) is 11.2. The van der Waals surface area contributed by atoms with Gasteiger partial charge in [-0.2, -0.15) is 0 Å². The molecule has 6 N–H and O–H groups in total. The van der Waals surface area contributed by atoms with Crippen LogP contribution in [0.15, 0.2) is 413 Å². The summed E-state index contributed by atoms with van der Waals surface area (Å²) in [5.41, 5.74) is 27.3. The zero-order chi connectivity index (χ0) is 81.2. The maximum absolute atomic E-state index is 10.1. The molecule has 570 valence electrons. The highest BCUT2D eigenvalue weighted by atomic mass is 16.4. The molecule has 16 heteroatoms. The van der Waals surface area contributed by atoms with Crippen LogP contribution in [0.2, 0.25) is 0 Å². The second-order valence-corrected chi connectivity index (χ2v) is 29.5. The van der Waals surface area contributed by atoms with Gasteiger partial charge in [-0.15, -0.1) is 0 Å². The van der Waals surface area contributed by atoms with E-state index < -0.39 is 21.4 Å². The van der Waals surface area contributed by atoms with E-state index in [4.69, 9.17) is 19.9 Å². The SMILES string of the molecule is OB(O)c1cccc2c1c1ccccc1n2-c1ccc(-c2cc(-c3ccccc3)cc(-c3ccccc3)n2)cc1.OB(O)c1cccc2c1c1ccccc1n2-c1ccc(-c2cc(-c3ccccc3)nc(-c3ccccc3)c2)cc1.OB(O)c1cccc2c1c1ccccc1n2-c1ccc(-c2cc(-c3ccccc3)nc(-c3ccccc3)n2)cc1. The number of pyridine rings is 2. The van der Waals surface area contributed by atoms with Gasteiger partial charge in [-0.25, -0.2) is 19.9 Å². The van der Waals surface area contributed by atoms with E-state index in [1.807, 2.05) is 206 Å². The van der Waals surface area contributed by atoms with Gasteiger partial charge in [0.05, 0.1) is 67.3 Å². The van der Waals surface area contributed by atoms with Crippen molar-refractivity contribution in [1.29, 1.82) is 0 Å². The van der Waals surface area contributed by atoms with Crippen molar-refractivity contribution in [3.8, 4) is 118 Å². The van der Waals surface area contributed by atoms with Crippen LogP contribution in [0, 0.1) is 0 Å². The first-order chi connectivity index (χ1) is 59.0. The Balaban J connectivity index is 0.000000119. The van der Waals surface area contributed by atoms with Crippen LogP contribution in [0.1, 0.15) is 0 Å². The quantitative estimate of drug-likeness (QED) is 0.0539. The van der Waals surface area contributed by atoms with Crippen LogP contribution in [-0.2, 0) is 0 Å². The molecule has 0 aliphatic carbocycles. The lowest BCUT2D eigenvalue weighted by Crippen LogP contribution is -2.30. The maximum Gasteiger partial charge on any atom is 0.489 e. The smallest absolute Gasteiger partial charge is 0.423 e. The highest BCUT2D eigenvalue weighted by Gasteiger charge is 2.26. The number of hydrogen-bond acceptors (Lipinski definition) is 10. The predicted molar refractivity (Wildman–Crippen MR) is 492 cm³/mol. The summed E-state index contributed by atoms with van der Waals surface area (Å²) in [4.78, 5) is 19.9. The molecular weight excluding hydrogens is 1480 g/mol. The number of fused-ring (bicyclic) bond motifs is 9. The van der Waals surface area contributed by atoms with Crippen LogP contribution in [0.3, 0.4) is 0 Å². The van der Waals surface area contributed by atoms with E-state index in [2.05, 4.69) is 202 Å². The van der Waals surface area contributed by atoms with E-state index in [1.54, 1.807) is 18.2 Å². The molecule has 21 rings (SSSR count). The van der Waals surface area contributed by atoms with E-state index in [0.29, 0.717) is 22.2 Å². The van der Waals surface area contributed by atoms with Crippen molar-refractivity contribution in [3.05, 3.63) is 413 Å². The lowest BCUT2D eigenvalue weighted by molar-refractivity contribution is 0.425. The molecule has 0 saturated heterocycles. The Labute approximate surface area is 693 Å². The van der Waals surface area contributed by atoms with Crippen molar-refractivity contribution in [1.82, 2.24) is 33.6 Å². The van der Waals surface area contributed by atoms with Crippen LogP contribution < -0.4 is 16.4 Å². The lowest BCUT2D eigenvalue weighted by Gasteiger charge is -2.12. The minimum atomic E-state index is -1.55. The van der Waals surface area contributed by atoms with Gasteiger partial charge in [-0.1, -0.05) is 309 Å². The average Bonchev–Trinajstić information content (AvgIpc) is 1.59. The largest absolute Gasteiger partial charge is 0.489 e. The molecule has 13 nitrogen and oxygen atoms in total. The summed E-state index contributed by atoms with van der Waals surface area (Å²) in [7, 11) is -4.65. The standard InChI is InChI=1S/2C35H25BN2O2.C34H24BN3O2/c39-36(40)30-15-9-17-34-35(30)29-14-7-8-16-33(29)38(34)28-20-18-24(19-21-28)27-22-31(25-10-3-1-4-11-25)37-32(23-27)26-12-5-2-6-13-26;39-36(40)30-15-9-17-34-35(30)29-14-7-8-16-33(29)38(34)28-20-18-26(19-21-28)32-23-27(24-10-3-1-4-11-24)22-31(37-32)25-12-5-2-6-13-25;39-35(40)28-15-9-17-32-33(28)27-14-7-8-16-31(27)38(32)26-20-18-24(19-21-26)30-22-29(23-10-3-1-4-11-23)36-34(37-30)25-12-5-2-6-13-25/h2*1-23,39-40H;1-22,39-40H. The number of para-hydroxylation sites is 3. The second kappa shape index (κ2) is 33.0. The molecule has 0 bridgehead atoms. The van der Waals surface area contributed by atoms with Crippen molar-refractivity contribution in [2.45, 2.75) is 0 Å². The molecule has 0 atom stereocenters. The molecule has 0 fully saturated rings.